The summed E-state index contributed by atoms with van der Waals surface area (Å²) < 4.78 is 18.8. The van der Waals surface area contributed by atoms with Crippen LogP contribution >= 0.6 is 11.8 Å². The predicted molar refractivity (Wildman–Crippen MR) is 73.6 cm³/mol. The molecule has 1 aromatic carbocycles. The molecule has 104 valence electrons. The van der Waals surface area contributed by atoms with Gasteiger partial charge < -0.3 is 10.1 Å². The summed E-state index contributed by atoms with van der Waals surface area (Å²) in [4.78, 5) is 10.1. The molecule has 1 unspecified atom stereocenters. The van der Waals surface area contributed by atoms with Crippen LogP contribution in [0.15, 0.2) is 12.1 Å². The number of hydrogen-bond donors (Lipinski definition) is 1. The molecule has 19 heavy (non-hydrogen) atoms. The molecular weight excluding hydrogens is 271 g/mol. The summed E-state index contributed by atoms with van der Waals surface area (Å²) in [5, 5.41) is 13.9. The summed E-state index contributed by atoms with van der Waals surface area (Å²) in [5.74, 6) is 1.49. The van der Waals surface area contributed by atoms with Gasteiger partial charge in [0.15, 0.2) is 11.6 Å². The van der Waals surface area contributed by atoms with Crippen LogP contribution in [0.2, 0.25) is 0 Å². The van der Waals surface area contributed by atoms with Crippen LogP contribution in [0.4, 0.5) is 15.8 Å². The van der Waals surface area contributed by atoms with Gasteiger partial charge in [0, 0.05) is 17.9 Å². The molecule has 0 radical (unpaired) electrons. The van der Waals surface area contributed by atoms with E-state index in [4.69, 9.17) is 4.74 Å². The van der Waals surface area contributed by atoms with Crippen LogP contribution < -0.4 is 10.1 Å². The van der Waals surface area contributed by atoms with Crippen molar-refractivity contribution >= 4 is 23.1 Å². The van der Waals surface area contributed by atoms with Gasteiger partial charge >= 0.3 is 5.69 Å². The lowest BCUT2D eigenvalue weighted by atomic mass is 10.1. The first-order valence-electron chi connectivity index (χ1n) is 5.98. The number of hydrogen-bond acceptors (Lipinski definition) is 5. The minimum Gasteiger partial charge on any atom is -0.490 e. The second-order valence-corrected chi connectivity index (χ2v) is 5.47. The third-order valence-electron chi connectivity index (χ3n) is 2.99. The normalized spacial score (nSPS) is 18.9. The van der Waals surface area contributed by atoms with Crippen molar-refractivity contribution in [3.8, 4) is 5.75 Å². The molecule has 1 aromatic rings. The molecule has 2 rings (SSSR count). The second kappa shape index (κ2) is 6.10. The first-order valence-corrected chi connectivity index (χ1v) is 7.13. The fourth-order valence-electron chi connectivity index (χ4n) is 2.03. The van der Waals surface area contributed by atoms with E-state index in [1.54, 1.807) is 0 Å². The number of halogens is 1. The molecule has 1 heterocycles. The van der Waals surface area contributed by atoms with Gasteiger partial charge in [0.2, 0.25) is 0 Å². The first-order chi connectivity index (χ1) is 9.11. The van der Waals surface area contributed by atoms with Crippen LogP contribution in [0, 0.1) is 15.9 Å². The third kappa shape index (κ3) is 3.28. The molecule has 1 aliphatic rings. The van der Waals surface area contributed by atoms with Gasteiger partial charge in [-0.2, -0.15) is 11.8 Å². The Labute approximate surface area is 114 Å². The van der Waals surface area contributed by atoms with Crippen LogP contribution in [-0.2, 0) is 0 Å². The number of benzene rings is 1. The summed E-state index contributed by atoms with van der Waals surface area (Å²) in [5.41, 5.74) is -0.0986. The highest BCUT2D eigenvalue weighted by atomic mass is 32.2. The van der Waals surface area contributed by atoms with Crippen molar-refractivity contribution in [2.45, 2.75) is 18.9 Å². The lowest BCUT2D eigenvalue weighted by Crippen LogP contribution is -2.26. The fraction of sp³-hybridized carbons (Fsp3) is 0.500. The van der Waals surface area contributed by atoms with Crippen molar-refractivity contribution in [3.63, 3.8) is 0 Å². The molecule has 0 aromatic heterocycles. The Balaban J connectivity index is 2.22. The Bertz CT molecular complexity index is 478. The van der Waals surface area contributed by atoms with Crippen LogP contribution in [0.3, 0.4) is 0 Å². The molecule has 1 saturated heterocycles. The minimum absolute atomic E-state index is 0.0670. The third-order valence-corrected chi connectivity index (χ3v) is 4.20. The van der Waals surface area contributed by atoms with Crippen molar-refractivity contribution in [2.75, 3.05) is 23.9 Å². The van der Waals surface area contributed by atoms with Gasteiger partial charge in [0.25, 0.3) is 0 Å². The number of rotatable bonds is 4. The number of nitro benzene ring substituents is 1. The van der Waals surface area contributed by atoms with Crippen LogP contribution in [0.25, 0.3) is 0 Å². The van der Waals surface area contributed by atoms with E-state index in [2.05, 4.69) is 5.32 Å². The number of nitrogens with one attached hydrogen (secondary N) is 1. The van der Waals surface area contributed by atoms with E-state index in [9.17, 15) is 14.5 Å². The first kappa shape index (κ1) is 13.9. The highest BCUT2D eigenvalue weighted by Gasteiger charge is 2.21. The van der Waals surface area contributed by atoms with Crippen molar-refractivity contribution in [2.24, 2.45) is 0 Å². The summed E-state index contributed by atoms with van der Waals surface area (Å²) in [6.45, 7) is 0. The van der Waals surface area contributed by atoms with Crippen molar-refractivity contribution in [1.82, 2.24) is 0 Å². The summed E-state index contributed by atoms with van der Waals surface area (Å²) >= 11 is 1.82. The number of ether oxygens (including phenoxy) is 1. The van der Waals surface area contributed by atoms with Crippen LogP contribution in [0.5, 0.6) is 5.75 Å². The van der Waals surface area contributed by atoms with E-state index >= 15 is 0 Å². The van der Waals surface area contributed by atoms with E-state index < -0.39 is 10.7 Å². The molecule has 1 atom stereocenters. The zero-order valence-corrected chi connectivity index (χ0v) is 11.3. The molecule has 5 nitrogen and oxygen atoms in total. The monoisotopic (exact) mass is 286 g/mol. The molecule has 1 aliphatic heterocycles. The average molecular weight is 286 g/mol. The number of methoxy groups -OCH3 is 1. The van der Waals surface area contributed by atoms with Crippen molar-refractivity contribution < 1.29 is 14.1 Å². The Kier molecular flexibility index (Phi) is 4.47. The maximum atomic E-state index is 13.9. The molecule has 1 N–H and O–H groups in total. The Morgan fingerprint density at radius 2 is 2.37 bits per heavy atom. The lowest BCUT2D eigenvalue weighted by Gasteiger charge is -2.23. The highest BCUT2D eigenvalue weighted by Crippen LogP contribution is 2.33. The van der Waals surface area contributed by atoms with Gasteiger partial charge in [0.05, 0.1) is 23.8 Å². The molecule has 0 aliphatic carbocycles. The van der Waals surface area contributed by atoms with Crippen molar-refractivity contribution in [1.29, 1.82) is 0 Å². The Hall–Kier alpha value is -1.50. The van der Waals surface area contributed by atoms with Gasteiger partial charge in [-0.1, -0.05) is 0 Å². The quantitative estimate of drug-likeness (QED) is 0.680. The summed E-state index contributed by atoms with van der Waals surface area (Å²) in [6.07, 6.45) is 2.07. The SMILES string of the molecule is COc1cc(NC2CCCSC2)c(F)cc1[N+](=O)[O-]. The number of anilines is 1. The van der Waals surface area contributed by atoms with Gasteiger partial charge in [-0.15, -0.1) is 0 Å². The molecule has 1 fully saturated rings. The molecule has 0 saturated carbocycles. The number of nitrogens with zero attached hydrogens (tertiary/aromatic N) is 1. The second-order valence-electron chi connectivity index (χ2n) is 4.32. The van der Waals surface area contributed by atoms with Gasteiger partial charge in [0.1, 0.15) is 0 Å². The van der Waals surface area contributed by atoms with E-state index in [1.807, 2.05) is 11.8 Å². The Morgan fingerprint density at radius 1 is 1.58 bits per heavy atom. The summed E-state index contributed by atoms with van der Waals surface area (Å²) in [7, 11) is 1.33. The summed E-state index contributed by atoms with van der Waals surface area (Å²) in [6, 6.07) is 2.45. The molecular formula is C12H15FN2O3S. The standard InChI is InChI=1S/C12H15FN2O3S/c1-18-12-6-10(9(13)5-11(12)15(16)17)14-8-3-2-4-19-7-8/h5-6,8,14H,2-4,7H2,1H3. The van der Waals surface area contributed by atoms with Crippen LogP contribution in [-0.4, -0.2) is 29.6 Å². The van der Waals surface area contributed by atoms with Gasteiger partial charge in [-0.05, 0) is 18.6 Å². The zero-order valence-electron chi connectivity index (χ0n) is 10.5. The molecule has 0 bridgehead atoms. The average Bonchev–Trinajstić information content (AvgIpc) is 2.41. The van der Waals surface area contributed by atoms with E-state index in [-0.39, 0.29) is 23.2 Å². The predicted octanol–water partition coefficient (Wildman–Crippen LogP) is 3.05. The lowest BCUT2D eigenvalue weighted by molar-refractivity contribution is -0.385. The minimum atomic E-state index is -0.651. The van der Waals surface area contributed by atoms with Crippen molar-refractivity contribution in [3.05, 3.63) is 28.1 Å². The molecule has 0 amide bonds. The van der Waals surface area contributed by atoms with Crippen LogP contribution in [0.1, 0.15) is 12.8 Å². The maximum Gasteiger partial charge on any atom is 0.313 e. The Morgan fingerprint density at radius 3 is 2.95 bits per heavy atom. The highest BCUT2D eigenvalue weighted by molar-refractivity contribution is 7.99. The smallest absolute Gasteiger partial charge is 0.313 e. The zero-order chi connectivity index (χ0) is 13.8. The molecule has 7 heteroatoms. The van der Waals surface area contributed by atoms with Gasteiger partial charge in [-0.3, -0.25) is 10.1 Å². The van der Waals surface area contributed by atoms with E-state index in [0.717, 1.165) is 30.4 Å². The fourth-order valence-corrected chi connectivity index (χ4v) is 3.11. The van der Waals surface area contributed by atoms with E-state index in [1.165, 1.54) is 13.2 Å². The molecule has 0 spiro atoms. The number of nitro groups is 1. The van der Waals surface area contributed by atoms with E-state index in [0.29, 0.717) is 0 Å². The topological polar surface area (TPSA) is 64.4 Å². The van der Waals surface area contributed by atoms with Gasteiger partial charge in [-0.25, -0.2) is 4.39 Å². The number of thioether (sulfide) groups is 1. The maximum absolute atomic E-state index is 13.9. The largest absolute Gasteiger partial charge is 0.490 e.